The third-order valence-electron chi connectivity index (χ3n) is 15.8. The van der Waals surface area contributed by atoms with Gasteiger partial charge in [0.25, 0.3) is 0 Å². The fourth-order valence-corrected chi connectivity index (χ4v) is 10.7. The van der Waals surface area contributed by atoms with Gasteiger partial charge in [-0.15, -0.1) is 0 Å². The van der Waals surface area contributed by atoms with Crippen molar-refractivity contribution >= 4 is 59.8 Å². The molecule has 0 bridgehead atoms. The van der Waals surface area contributed by atoms with Gasteiger partial charge >= 0.3 is 23.9 Å². The van der Waals surface area contributed by atoms with Gasteiger partial charge in [-0.2, -0.15) is 0 Å². The number of hydrogen-bond acceptors (Lipinski definition) is 18. The molecule has 0 aromatic heterocycles. The van der Waals surface area contributed by atoms with Crippen LogP contribution < -0.4 is 53.4 Å². The van der Waals surface area contributed by atoms with E-state index in [0.717, 1.165) is 22.3 Å². The molecule has 1 saturated heterocycles. The molecular weight excluding hydrogens is 1240 g/mol. The van der Waals surface area contributed by atoms with Crippen molar-refractivity contribution in [1.82, 2.24) is 56.8 Å². The summed E-state index contributed by atoms with van der Waals surface area (Å²) in [5.74, 6) is -5.92. The van der Waals surface area contributed by atoms with Crippen molar-refractivity contribution < 1.29 is 68.3 Å². The van der Waals surface area contributed by atoms with Crippen LogP contribution in [0.4, 0.5) is 4.79 Å². The number of carbonyl (C=O) groups excluding carboxylic acids is 6. The van der Waals surface area contributed by atoms with Gasteiger partial charge in [-0.1, -0.05) is 109 Å². The van der Waals surface area contributed by atoms with Gasteiger partial charge in [0.15, 0.2) is 12.2 Å². The number of guanidine groups is 1. The highest BCUT2D eigenvalue weighted by molar-refractivity contribution is 5.95. The Morgan fingerprint density at radius 3 is 1.73 bits per heavy atom. The quantitative estimate of drug-likeness (QED) is 0.0118. The lowest BCUT2D eigenvalue weighted by molar-refractivity contribution is -0.140. The minimum absolute atomic E-state index is 0.0658. The number of carbonyl (C=O) groups is 9. The van der Waals surface area contributed by atoms with E-state index in [-0.39, 0.29) is 129 Å². The Morgan fingerprint density at radius 1 is 0.594 bits per heavy atom. The number of aliphatic carboxylic acids is 3. The maximum atomic E-state index is 14.6. The lowest BCUT2D eigenvalue weighted by Crippen LogP contribution is -2.61. The van der Waals surface area contributed by atoms with Crippen molar-refractivity contribution in [3.8, 4) is 22.6 Å². The Bertz CT molecular complexity index is 3300. The summed E-state index contributed by atoms with van der Waals surface area (Å²) in [4.78, 5) is 128. The molecule has 1 fully saturated rings. The molecule has 1 aliphatic heterocycles. The topological polar surface area (TPSA) is 405 Å². The lowest BCUT2D eigenvalue weighted by atomic mass is 9.90. The molecule has 0 spiro atoms. The van der Waals surface area contributed by atoms with E-state index in [4.69, 9.17) is 16.2 Å². The second-order valence-corrected chi connectivity index (χ2v) is 23.0. The second kappa shape index (κ2) is 40.4. The number of nitrogens with one attached hydrogen (secondary N) is 7. The Morgan fingerprint density at radius 2 is 1.15 bits per heavy atom. The summed E-state index contributed by atoms with van der Waals surface area (Å²) in [5.41, 5.74) is 16.7. The van der Waals surface area contributed by atoms with Crippen LogP contribution in [0.5, 0.6) is 11.5 Å². The number of amides is 6. The van der Waals surface area contributed by atoms with E-state index < -0.39 is 77.8 Å². The second-order valence-electron chi connectivity index (χ2n) is 23.0. The van der Waals surface area contributed by atoms with E-state index in [1.165, 1.54) is 12.1 Å². The number of unbranched alkanes of at least 4 members (excludes halogenated alkanes) is 1. The molecule has 0 aliphatic carbocycles. The minimum Gasteiger partial charge on any atom is -0.508 e. The van der Waals surface area contributed by atoms with Gasteiger partial charge in [0.05, 0.1) is 32.2 Å². The van der Waals surface area contributed by atoms with Gasteiger partial charge in [0, 0.05) is 91.5 Å². The number of benzene rings is 5. The van der Waals surface area contributed by atoms with Crippen LogP contribution >= 0.6 is 0 Å². The highest BCUT2D eigenvalue weighted by atomic mass is 16.5. The smallest absolute Gasteiger partial charge is 0.321 e. The molecule has 6 amide bonds. The number of rotatable bonds is 35. The van der Waals surface area contributed by atoms with Crippen LogP contribution in [0.15, 0.2) is 138 Å². The summed E-state index contributed by atoms with van der Waals surface area (Å²) in [5, 5.41) is 58.6. The molecule has 1 unspecified atom stereocenters. The summed E-state index contributed by atoms with van der Waals surface area (Å²) in [6.45, 7) is 2.37. The SMILES string of the molecule is CCNC(=O)NC(N)=NCCC[C@@H](NC(=O)[C@@H](c1ccccc1)c1cccc(OCCCCNC(=O)[C@@H](Cc2ccc(-c3ccccc3)cc2)NC(=O)[C@@H](CN)NC(C=O)N2CCN(CC(=O)O)CCN(CC(=O)O)CCN(CC(=O)O)CC2)c1)C(=O)NCc1ccc(O)cc1. The number of phenolic OH excluding ortho intramolecular Hbond substituents is 1. The molecule has 5 aromatic carbocycles. The largest absolute Gasteiger partial charge is 0.508 e. The number of nitrogens with two attached hydrogens (primary N) is 2. The molecule has 28 heteroatoms. The van der Waals surface area contributed by atoms with Crippen LogP contribution in [0.3, 0.4) is 0 Å². The number of aromatic hydroxyl groups is 1. The maximum absolute atomic E-state index is 14.6. The Balaban J connectivity index is 1.12. The lowest BCUT2D eigenvalue weighted by Gasteiger charge is -2.36. The average Bonchev–Trinajstić information content (AvgIpc) is 0.852. The highest BCUT2D eigenvalue weighted by Gasteiger charge is 2.32. The number of aldehydes is 1. The molecule has 28 nitrogen and oxygen atoms in total. The molecule has 0 radical (unpaired) electrons. The van der Waals surface area contributed by atoms with Crippen LogP contribution in [0, 0.1) is 0 Å². The zero-order chi connectivity index (χ0) is 69.2. The first-order chi connectivity index (χ1) is 46.3. The molecule has 0 saturated carbocycles. The monoisotopic (exact) mass is 1330 g/mol. The summed E-state index contributed by atoms with van der Waals surface area (Å²) < 4.78 is 6.23. The van der Waals surface area contributed by atoms with Gasteiger partial charge in [-0.25, -0.2) is 4.79 Å². The van der Waals surface area contributed by atoms with Crippen LogP contribution in [-0.4, -0.2) is 229 Å². The predicted octanol–water partition coefficient (Wildman–Crippen LogP) is 1.33. The van der Waals surface area contributed by atoms with Crippen molar-refractivity contribution in [2.24, 2.45) is 16.5 Å². The number of phenols is 1. The molecule has 96 heavy (non-hydrogen) atoms. The highest BCUT2D eigenvalue weighted by Crippen LogP contribution is 2.29. The molecule has 5 aromatic rings. The first kappa shape index (κ1) is 75.2. The fraction of sp³-hybridized carbons (Fsp3) is 0.412. The summed E-state index contributed by atoms with van der Waals surface area (Å²) in [6.07, 6.45) is 0.828. The van der Waals surface area contributed by atoms with Crippen LogP contribution in [0.1, 0.15) is 60.8 Å². The van der Waals surface area contributed by atoms with E-state index in [1.807, 2.05) is 84.9 Å². The van der Waals surface area contributed by atoms with Gasteiger partial charge in [-0.05, 0) is 90.3 Å². The van der Waals surface area contributed by atoms with Crippen molar-refractivity contribution in [3.63, 3.8) is 0 Å². The van der Waals surface area contributed by atoms with Gasteiger partial charge < -0.3 is 68.0 Å². The number of aliphatic imine (C=N–C) groups is 1. The predicted molar refractivity (Wildman–Crippen MR) is 359 cm³/mol. The number of hydrogen-bond donors (Lipinski definition) is 13. The summed E-state index contributed by atoms with van der Waals surface area (Å²) in [6, 6.07) is 35.9. The Hall–Kier alpha value is -9.84. The van der Waals surface area contributed by atoms with E-state index in [0.29, 0.717) is 49.0 Å². The zero-order valence-electron chi connectivity index (χ0n) is 54.0. The number of carboxylic acids is 3. The van der Waals surface area contributed by atoms with Crippen molar-refractivity contribution in [2.45, 2.75) is 75.8 Å². The summed E-state index contributed by atoms with van der Waals surface area (Å²) in [7, 11) is 0. The minimum atomic E-state index is -1.24. The average molecular weight is 1330 g/mol. The van der Waals surface area contributed by atoms with E-state index in [1.54, 1.807) is 62.9 Å². The third-order valence-corrected chi connectivity index (χ3v) is 15.8. The molecule has 516 valence electrons. The van der Waals surface area contributed by atoms with Crippen LogP contribution in [-0.2, 0) is 51.3 Å². The molecular formula is C68H90N14O14. The van der Waals surface area contributed by atoms with Gasteiger partial charge in [0.1, 0.15) is 35.8 Å². The normalized spacial score (nSPS) is 15.3. The zero-order valence-corrected chi connectivity index (χ0v) is 54.0. The number of urea groups is 1. The number of nitrogens with zero attached hydrogens (tertiary/aromatic N) is 5. The van der Waals surface area contributed by atoms with E-state index >= 15 is 0 Å². The molecule has 15 N–H and O–H groups in total. The van der Waals surface area contributed by atoms with E-state index in [2.05, 4.69) is 42.2 Å². The first-order valence-corrected chi connectivity index (χ1v) is 32.0. The maximum Gasteiger partial charge on any atom is 0.321 e. The van der Waals surface area contributed by atoms with Gasteiger partial charge in [0.2, 0.25) is 23.6 Å². The Labute approximate surface area is 558 Å². The fourth-order valence-electron chi connectivity index (χ4n) is 10.7. The van der Waals surface area contributed by atoms with Gasteiger partial charge in [-0.3, -0.25) is 68.8 Å². The van der Waals surface area contributed by atoms with Crippen molar-refractivity contribution in [2.75, 3.05) is 105 Å². The summed E-state index contributed by atoms with van der Waals surface area (Å²) >= 11 is 0. The van der Waals surface area contributed by atoms with E-state index in [9.17, 15) is 63.6 Å². The van der Waals surface area contributed by atoms with Crippen molar-refractivity contribution in [1.29, 1.82) is 0 Å². The number of ether oxygens (including phenoxy) is 1. The molecule has 1 heterocycles. The number of carboxylic acid groups (broad SMARTS) is 3. The third kappa shape index (κ3) is 26.5. The molecule has 5 atom stereocenters. The molecule has 6 rings (SSSR count). The van der Waals surface area contributed by atoms with Crippen LogP contribution in [0.2, 0.25) is 0 Å². The van der Waals surface area contributed by atoms with Crippen molar-refractivity contribution in [3.05, 3.63) is 156 Å². The standard InChI is InChI=1S/C68H90N14O14/c1-2-71-68(95)78-67(70)73-29-12-19-55(63(91)74-42-48-22-26-53(84)27-23-48)76-66(94)62(51-15-7-4-8-16-51)52-17-11-18-54(40-52)96-38-10-9-28-72-64(92)56(39-47-20-24-50(25-21-47)49-13-5-3-6-14-49)77-65(93)57(41-69)75-58(46-83)82-36-34-80(44-60(87)88)32-30-79(43-59(85)86)31-33-81(35-37-82)45-61(89)90/h3-8,11,13-18,20-27,40,46,55-58,62,75,84H,2,9-10,12,19,28-39,41-45,69H2,1H3,(H,72,92)(H,74,91)(H,76,94)(H,77,93)(H,85,86)(H,87,88)(H,89,90)(H4,70,71,73,78,95)/t55-,56-,57-,58?,62+/m1/s1. The molecule has 1 aliphatic rings. The Kier molecular flexibility index (Phi) is 31.7. The first-order valence-electron chi connectivity index (χ1n) is 32.0. The van der Waals surface area contributed by atoms with Crippen LogP contribution in [0.25, 0.3) is 11.1 Å².